The third-order valence-electron chi connectivity index (χ3n) is 3.14. The molecule has 1 fully saturated rings. The summed E-state index contributed by atoms with van der Waals surface area (Å²) < 4.78 is 1.85. The van der Waals surface area contributed by atoms with Crippen molar-refractivity contribution in [3.05, 3.63) is 10.8 Å². The summed E-state index contributed by atoms with van der Waals surface area (Å²) in [6, 6.07) is 0.592. The molecule has 0 aliphatic carbocycles. The fourth-order valence-electron chi connectivity index (χ4n) is 2.25. The predicted octanol–water partition coefficient (Wildman–Crippen LogP) is 1.35. The highest BCUT2D eigenvalue weighted by Crippen LogP contribution is 2.30. The fourth-order valence-corrected chi connectivity index (χ4v) is 3.28. The summed E-state index contributed by atoms with van der Waals surface area (Å²) in [6.45, 7) is 5.26. The molecule has 16 heavy (non-hydrogen) atoms. The molecule has 2 aromatic rings. The van der Waals surface area contributed by atoms with E-state index >= 15 is 0 Å². The van der Waals surface area contributed by atoms with Gasteiger partial charge in [-0.25, -0.2) is 0 Å². The number of aryl methyl sites for hydroxylation is 1. The van der Waals surface area contributed by atoms with Crippen molar-refractivity contribution in [2.75, 3.05) is 6.54 Å². The summed E-state index contributed by atoms with van der Waals surface area (Å²) in [5.41, 5.74) is 0. The molecule has 0 spiro atoms. The maximum atomic E-state index is 4.61. The predicted molar refractivity (Wildman–Crippen MR) is 62.8 cm³/mol. The van der Waals surface area contributed by atoms with Crippen LogP contribution in [0.3, 0.4) is 0 Å². The average molecular weight is 237 g/mol. The molecular weight excluding hydrogens is 222 g/mol. The van der Waals surface area contributed by atoms with Crippen LogP contribution in [0.4, 0.5) is 0 Å². The van der Waals surface area contributed by atoms with Crippen molar-refractivity contribution in [1.82, 2.24) is 25.1 Å². The van der Waals surface area contributed by atoms with Gasteiger partial charge in [-0.2, -0.15) is 9.61 Å². The zero-order valence-electron chi connectivity index (χ0n) is 9.47. The van der Waals surface area contributed by atoms with Crippen LogP contribution in [0.2, 0.25) is 0 Å². The zero-order valence-corrected chi connectivity index (χ0v) is 10.3. The first kappa shape index (κ1) is 10.2. The first-order valence-electron chi connectivity index (χ1n) is 5.66. The Hall–Kier alpha value is -1.01. The molecular formula is C10H15N5S. The smallest absolute Gasteiger partial charge is 0.234 e. The van der Waals surface area contributed by atoms with Gasteiger partial charge in [0.25, 0.3) is 0 Å². The molecule has 0 bridgehead atoms. The van der Waals surface area contributed by atoms with Gasteiger partial charge in [-0.15, -0.1) is 10.2 Å². The third kappa shape index (κ3) is 1.62. The third-order valence-corrected chi connectivity index (χ3v) is 4.20. The Morgan fingerprint density at radius 2 is 2.31 bits per heavy atom. The zero-order chi connectivity index (χ0) is 11.1. The van der Waals surface area contributed by atoms with Crippen LogP contribution in [-0.2, 0) is 0 Å². The molecule has 1 N–H and O–H groups in total. The lowest BCUT2D eigenvalue weighted by molar-refractivity contribution is 0.379. The lowest BCUT2D eigenvalue weighted by Gasteiger charge is -2.26. The molecule has 0 radical (unpaired) electrons. The Balaban J connectivity index is 1.93. The number of hydrogen-bond donors (Lipinski definition) is 1. The monoisotopic (exact) mass is 237 g/mol. The molecule has 0 amide bonds. The number of hydrogen-bond acceptors (Lipinski definition) is 5. The SMILES string of the molecule is Cc1nnc2sc(C3CCNC(C)C3)nn12. The average Bonchev–Trinajstić information content (AvgIpc) is 2.81. The van der Waals surface area contributed by atoms with Gasteiger partial charge in [0.15, 0.2) is 5.82 Å². The molecule has 86 valence electrons. The molecule has 0 saturated carbocycles. The number of nitrogens with one attached hydrogen (secondary N) is 1. The number of rotatable bonds is 1. The van der Waals surface area contributed by atoms with E-state index in [0.717, 1.165) is 17.3 Å². The Morgan fingerprint density at radius 3 is 3.06 bits per heavy atom. The van der Waals surface area contributed by atoms with E-state index in [-0.39, 0.29) is 0 Å². The maximum absolute atomic E-state index is 4.61. The van der Waals surface area contributed by atoms with Crippen LogP contribution in [0.15, 0.2) is 0 Å². The van der Waals surface area contributed by atoms with E-state index < -0.39 is 0 Å². The van der Waals surface area contributed by atoms with Crippen molar-refractivity contribution in [3.8, 4) is 0 Å². The molecule has 2 unspecified atom stereocenters. The quantitative estimate of drug-likeness (QED) is 0.813. The second kappa shape index (κ2) is 3.78. The van der Waals surface area contributed by atoms with Crippen molar-refractivity contribution < 1.29 is 0 Å². The highest BCUT2D eigenvalue weighted by Gasteiger charge is 2.23. The minimum absolute atomic E-state index is 0.586. The highest BCUT2D eigenvalue weighted by atomic mass is 32.1. The van der Waals surface area contributed by atoms with Crippen LogP contribution in [0.25, 0.3) is 4.96 Å². The Bertz CT molecular complexity index is 502. The number of piperidine rings is 1. The summed E-state index contributed by atoms with van der Waals surface area (Å²) in [7, 11) is 0. The molecule has 2 atom stereocenters. The lowest BCUT2D eigenvalue weighted by Crippen LogP contribution is -2.34. The normalized spacial score (nSPS) is 26.4. The summed E-state index contributed by atoms with van der Waals surface area (Å²) in [4.78, 5) is 0.915. The summed E-state index contributed by atoms with van der Waals surface area (Å²) >= 11 is 1.68. The number of aromatic nitrogens is 4. The molecule has 3 heterocycles. The molecule has 6 heteroatoms. The second-order valence-electron chi connectivity index (χ2n) is 4.46. The largest absolute Gasteiger partial charge is 0.314 e. The van der Waals surface area contributed by atoms with Gasteiger partial charge in [0.05, 0.1) is 0 Å². The summed E-state index contributed by atoms with van der Waals surface area (Å²) in [5, 5.41) is 17.4. The minimum Gasteiger partial charge on any atom is -0.314 e. The lowest BCUT2D eigenvalue weighted by atomic mass is 9.94. The van der Waals surface area contributed by atoms with Crippen LogP contribution in [0, 0.1) is 6.92 Å². The molecule has 1 saturated heterocycles. The van der Waals surface area contributed by atoms with Crippen molar-refractivity contribution in [2.24, 2.45) is 0 Å². The van der Waals surface area contributed by atoms with Gasteiger partial charge in [-0.1, -0.05) is 11.3 Å². The standard InChI is InChI=1S/C10H15N5S/c1-6-5-8(3-4-11-6)9-14-15-7(2)12-13-10(15)16-9/h6,8,11H,3-5H2,1-2H3. The van der Waals surface area contributed by atoms with Gasteiger partial charge >= 0.3 is 0 Å². The Kier molecular flexibility index (Phi) is 2.40. The maximum Gasteiger partial charge on any atom is 0.234 e. The van der Waals surface area contributed by atoms with E-state index in [9.17, 15) is 0 Å². The van der Waals surface area contributed by atoms with Crippen molar-refractivity contribution in [2.45, 2.75) is 38.6 Å². The number of fused-ring (bicyclic) bond motifs is 1. The van der Waals surface area contributed by atoms with Crippen LogP contribution < -0.4 is 5.32 Å². The minimum atomic E-state index is 0.586. The van der Waals surface area contributed by atoms with Gasteiger partial charge in [0.2, 0.25) is 4.96 Å². The van der Waals surface area contributed by atoms with Crippen LogP contribution in [0.1, 0.15) is 36.5 Å². The summed E-state index contributed by atoms with van der Waals surface area (Å²) in [6.07, 6.45) is 2.34. The molecule has 1 aliphatic rings. The van der Waals surface area contributed by atoms with Gasteiger partial charge in [0.1, 0.15) is 5.01 Å². The second-order valence-corrected chi connectivity index (χ2v) is 5.45. The molecule has 3 rings (SSSR count). The number of nitrogens with zero attached hydrogens (tertiary/aromatic N) is 4. The van der Waals surface area contributed by atoms with Crippen molar-refractivity contribution >= 4 is 16.3 Å². The molecule has 0 aromatic carbocycles. The Morgan fingerprint density at radius 1 is 1.44 bits per heavy atom. The van der Waals surface area contributed by atoms with Gasteiger partial charge in [0, 0.05) is 12.0 Å². The molecule has 2 aromatic heterocycles. The van der Waals surface area contributed by atoms with E-state index in [4.69, 9.17) is 0 Å². The molecule has 1 aliphatic heterocycles. The molecule has 5 nitrogen and oxygen atoms in total. The van der Waals surface area contributed by atoms with Crippen LogP contribution >= 0.6 is 11.3 Å². The van der Waals surface area contributed by atoms with Crippen LogP contribution in [-0.4, -0.2) is 32.4 Å². The highest BCUT2D eigenvalue weighted by molar-refractivity contribution is 7.16. The van der Waals surface area contributed by atoms with E-state index in [1.165, 1.54) is 17.8 Å². The van der Waals surface area contributed by atoms with Crippen molar-refractivity contribution in [3.63, 3.8) is 0 Å². The fraction of sp³-hybridized carbons (Fsp3) is 0.700. The van der Waals surface area contributed by atoms with Gasteiger partial charge in [-0.3, -0.25) is 0 Å². The first-order chi connectivity index (χ1) is 7.74. The van der Waals surface area contributed by atoms with Crippen LogP contribution in [0.5, 0.6) is 0 Å². The topological polar surface area (TPSA) is 55.1 Å². The van der Waals surface area contributed by atoms with E-state index in [2.05, 4.69) is 27.5 Å². The van der Waals surface area contributed by atoms with E-state index in [1.807, 2.05) is 11.4 Å². The van der Waals surface area contributed by atoms with Gasteiger partial charge in [-0.05, 0) is 33.2 Å². The van der Waals surface area contributed by atoms with Gasteiger partial charge < -0.3 is 5.32 Å². The van der Waals surface area contributed by atoms with E-state index in [0.29, 0.717) is 12.0 Å². The van der Waals surface area contributed by atoms with E-state index in [1.54, 1.807) is 11.3 Å². The first-order valence-corrected chi connectivity index (χ1v) is 6.48. The van der Waals surface area contributed by atoms with Crippen molar-refractivity contribution in [1.29, 1.82) is 0 Å². The Labute approximate surface area is 97.9 Å². The summed E-state index contributed by atoms with van der Waals surface area (Å²) in [5.74, 6) is 1.46.